The highest BCUT2D eigenvalue weighted by atomic mass is 16.5. The first-order valence-electron chi connectivity index (χ1n) is 9.66. The van der Waals surface area contributed by atoms with Gasteiger partial charge in [-0.1, -0.05) is 6.92 Å². The fourth-order valence-corrected chi connectivity index (χ4v) is 3.66. The van der Waals surface area contributed by atoms with Gasteiger partial charge in [-0.05, 0) is 51.4 Å². The molecule has 0 saturated carbocycles. The summed E-state index contributed by atoms with van der Waals surface area (Å²) in [7, 11) is 0. The van der Waals surface area contributed by atoms with E-state index in [9.17, 15) is 4.79 Å². The van der Waals surface area contributed by atoms with E-state index in [1.807, 2.05) is 32.9 Å². The van der Waals surface area contributed by atoms with Gasteiger partial charge in [0.15, 0.2) is 0 Å². The molecule has 2 aromatic rings. The molecule has 3 rings (SSSR count). The highest BCUT2D eigenvalue weighted by Gasteiger charge is 2.31. The van der Waals surface area contributed by atoms with Gasteiger partial charge in [0.25, 0.3) is 0 Å². The van der Waals surface area contributed by atoms with Crippen LogP contribution in [-0.4, -0.2) is 47.6 Å². The molecule has 0 N–H and O–H groups in total. The van der Waals surface area contributed by atoms with Crippen LogP contribution in [0.1, 0.15) is 48.7 Å². The number of aromatic nitrogens is 1. The Morgan fingerprint density at radius 1 is 1.44 bits per heavy atom. The summed E-state index contributed by atoms with van der Waals surface area (Å²) in [6, 6.07) is 4.30. The number of pyridine rings is 1. The summed E-state index contributed by atoms with van der Waals surface area (Å²) in [5.74, 6) is 0.447. The third-order valence-electron chi connectivity index (χ3n) is 5.04. The van der Waals surface area contributed by atoms with Crippen LogP contribution >= 0.6 is 0 Å². The van der Waals surface area contributed by atoms with Crippen molar-refractivity contribution in [3.63, 3.8) is 0 Å². The van der Waals surface area contributed by atoms with Gasteiger partial charge in [0.05, 0.1) is 18.6 Å². The maximum Gasteiger partial charge on any atom is 0.342 e. The van der Waals surface area contributed by atoms with Gasteiger partial charge in [-0.15, -0.1) is 0 Å². The topological polar surface area (TPSA) is 58.8 Å². The first-order valence-corrected chi connectivity index (χ1v) is 9.66. The van der Waals surface area contributed by atoms with E-state index in [0.29, 0.717) is 11.6 Å². The molecule has 146 valence electrons. The van der Waals surface area contributed by atoms with Crippen molar-refractivity contribution in [1.29, 1.82) is 0 Å². The number of hydrogen-bond acceptors (Lipinski definition) is 6. The smallest absolute Gasteiger partial charge is 0.342 e. The molecule has 0 aromatic carbocycles. The van der Waals surface area contributed by atoms with Crippen LogP contribution in [0.3, 0.4) is 0 Å². The first-order chi connectivity index (χ1) is 13.0. The molecule has 0 radical (unpaired) electrons. The van der Waals surface area contributed by atoms with Crippen molar-refractivity contribution in [2.45, 2.75) is 52.8 Å². The van der Waals surface area contributed by atoms with Crippen LogP contribution in [-0.2, 0) is 11.3 Å². The summed E-state index contributed by atoms with van der Waals surface area (Å²) < 4.78 is 10.7. The average molecular weight is 371 g/mol. The van der Waals surface area contributed by atoms with Crippen LogP contribution in [0.25, 0.3) is 0 Å². The Morgan fingerprint density at radius 3 is 2.93 bits per heavy atom. The van der Waals surface area contributed by atoms with E-state index in [0.717, 1.165) is 44.0 Å². The lowest BCUT2D eigenvalue weighted by Gasteiger charge is -2.28. The van der Waals surface area contributed by atoms with Gasteiger partial charge in [0.1, 0.15) is 11.4 Å². The summed E-state index contributed by atoms with van der Waals surface area (Å²) in [6.07, 6.45) is 6.18. The minimum absolute atomic E-state index is 0.151. The number of ether oxygens (including phenoxy) is 1. The highest BCUT2D eigenvalue weighted by molar-refractivity contribution is 5.96. The summed E-state index contributed by atoms with van der Waals surface area (Å²) in [5, 5.41) is 0. The molecule has 1 atom stereocenters. The van der Waals surface area contributed by atoms with E-state index in [-0.39, 0.29) is 12.1 Å². The van der Waals surface area contributed by atoms with Crippen molar-refractivity contribution in [3.8, 4) is 0 Å². The summed E-state index contributed by atoms with van der Waals surface area (Å²) >= 11 is 0. The van der Waals surface area contributed by atoms with Crippen molar-refractivity contribution in [1.82, 2.24) is 9.88 Å². The Morgan fingerprint density at radius 2 is 2.26 bits per heavy atom. The molecular formula is C21H29N3O3. The predicted octanol–water partition coefficient (Wildman–Crippen LogP) is 3.65. The van der Waals surface area contributed by atoms with Gasteiger partial charge in [0, 0.05) is 37.4 Å². The Labute approximate surface area is 161 Å². The van der Waals surface area contributed by atoms with Crippen LogP contribution in [0.4, 0.5) is 5.82 Å². The van der Waals surface area contributed by atoms with Crippen LogP contribution in [0.15, 0.2) is 35.3 Å². The molecule has 1 unspecified atom stereocenters. The molecule has 1 aliphatic rings. The molecule has 1 saturated heterocycles. The Hall–Kier alpha value is -2.34. The fraction of sp³-hybridized carbons (Fsp3) is 0.524. The summed E-state index contributed by atoms with van der Waals surface area (Å²) in [5.41, 5.74) is 2.68. The number of anilines is 1. The highest BCUT2D eigenvalue weighted by Crippen LogP contribution is 2.28. The lowest BCUT2D eigenvalue weighted by molar-refractivity contribution is 0.0377. The van der Waals surface area contributed by atoms with Gasteiger partial charge in [-0.3, -0.25) is 4.90 Å². The molecule has 0 amide bonds. The van der Waals surface area contributed by atoms with Crippen LogP contribution in [0.2, 0.25) is 0 Å². The van der Waals surface area contributed by atoms with Crippen molar-refractivity contribution in [2.24, 2.45) is 0 Å². The molecule has 6 heteroatoms. The van der Waals surface area contributed by atoms with E-state index in [1.54, 1.807) is 18.7 Å². The second kappa shape index (κ2) is 8.57. The molecule has 27 heavy (non-hydrogen) atoms. The van der Waals surface area contributed by atoms with Gasteiger partial charge in [-0.25, -0.2) is 9.78 Å². The van der Waals surface area contributed by atoms with Crippen molar-refractivity contribution >= 4 is 11.8 Å². The molecule has 1 aliphatic heterocycles. The van der Waals surface area contributed by atoms with E-state index in [1.165, 1.54) is 5.56 Å². The summed E-state index contributed by atoms with van der Waals surface area (Å²) in [4.78, 5) is 21.8. The Balaban J connectivity index is 1.76. The second-order valence-corrected chi connectivity index (χ2v) is 7.36. The molecule has 2 aromatic heterocycles. The van der Waals surface area contributed by atoms with Gasteiger partial charge < -0.3 is 14.1 Å². The van der Waals surface area contributed by atoms with Crippen molar-refractivity contribution < 1.29 is 13.9 Å². The standard InChI is InChI=1S/C21H29N3O3/c1-5-23(12-17-8-11-26-14-17)18-7-10-24(13-18)20-19(16(4)6-9-22-20)21(25)27-15(2)3/h6,8-9,11,14-15,18H,5,7,10,12-13H2,1-4H3. The minimum Gasteiger partial charge on any atom is -0.472 e. The normalized spacial score (nSPS) is 17.1. The van der Waals surface area contributed by atoms with Crippen LogP contribution in [0.5, 0.6) is 0 Å². The fourth-order valence-electron chi connectivity index (χ4n) is 3.66. The number of rotatable bonds is 7. The summed E-state index contributed by atoms with van der Waals surface area (Å²) in [6.45, 7) is 11.4. The number of likely N-dealkylation sites (N-methyl/N-ethyl adjacent to an activating group) is 1. The van der Waals surface area contributed by atoms with Crippen molar-refractivity contribution in [3.05, 3.63) is 47.5 Å². The quantitative estimate of drug-likeness (QED) is 0.693. The number of aryl methyl sites for hydroxylation is 1. The third kappa shape index (κ3) is 4.50. The molecule has 0 bridgehead atoms. The van der Waals surface area contributed by atoms with Crippen molar-refractivity contribution in [2.75, 3.05) is 24.5 Å². The monoisotopic (exact) mass is 371 g/mol. The maximum absolute atomic E-state index is 12.6. The zero-order chi connectivity index (χ0) is 19.4. The number of esters is 1. The Kier molecular flexibility index (Phi) is 6.16. The molecule has 3 heterocycles. The number of hydrogen-bond donors (Lipinski definition) is 0. The van der Waals surface area contributed by atoms with E-state index in [4.69, 9.17) is 9.15 Å². The minimum atomic E-state index is -0.292. The predicted molar refractivity (Wildman–Crippen MR) is 105 cm³/mol. The zero-order valence-electron chi connectivity index (χ0n) is 16.6. The van der Waals surface area contributed by atoms with E-state index < -0.39 is 0 Å². The molecule has 1 fully saturated rings. The van der Waals surface area contributed by atoms with E-state index >= 15 is 0 Å². The van der Waals surface area contributed by atoms with Gasteiger partial charge >= 0.3 is 5.97 Å². The Bertz CT molecular complexity index is 758. The van der Waals surface area contributed by atoms with Gasteiger partial charge in [0.2, 0.25) is 0 Å². The number of furan rings is 1. The average Bonchev–Trinajstić information content (AvgIpc) is 3.30. The molecule has 0 spiro atoms. The van der Waals surface area contributed by atoms with E-state index in [2.05, 4.69) is 21.7 Å². The number of carbonyl (C=O) groups is 1. The number of carbonyl (C=O) groups excluding carboxylic acids is 1. The number of nitrogens with zero attached hydrogens (tertiary/aromatic N) is 3. The third-order valence-corrected chi connectivity index (χ3v) is 5.04. The second-order valence-electron chi connectivity index (χ2n) is 7.36. The van der Waals surface area contributed by atoms with Crippen LogP contribution < -0.4 is 4.90 Å². The maximum atomic E-state index is 12.6. The van der Waals surface area contributed by atoms with Crippen LogP contribution in [0, 0.1) is 6.92 Å². The zero-order valence-corrected chi connectivity index (χ0v) is 16.6. The lowest BCUT2D eigenvalue weighted by Crippen LogP contribution is -2.37. The van der Waals surface area contributed by atoms with Gasteiger partial charge in [-0.2, -0.15) is 0 Å². The molecular weight excluding hydrogens is 342 g/mol. The SMILES string of the molecule is CCN(Cc1ccoc1)C1CCN(c2nccc(C)c2C(=O)OC(C)C)C1. The largest absolute Gasteiger partial charge is 0.472 e. The molecule has 6 nitrogen and oxygen atoms in total. The first kappa shape index (κ1) is 19.4. The molecule has 0 aliphatic carbocycles. The lowest BCUT2D eigenvalue weighted by atomic mass is 10.1.